The summed E-state index contributed by atoms with van der Waals surface area (Å²) in [7, 11) is 0. The first-order valence-corrected chi connectivity index (χ1v) is 8.80. The maximum atomic E-state index is 6.05. The molecule has 0 spiro atoms. The number of halogens is 1. The highest BCUT2D eigenvalue weighted by Crippen LogP contribution is 2.37. The van der Waals surface area contributed by atoms with Crippen molar-refractivity contribution in [2.45, 2.75) is 19.4 Å². The molecule has 2 aromatic heterocycles. The first kappa shape index (κ1) is 16.0. The molecule has 1 aliphatic rings. The van der Waals surface area contributed by atoms with Crippen LogP contribution in [0.5, 0.6) is 5.75 Å². The van der Waals surface area contributed by atoms with Crippen LogP contribution in [0.2, 0.25) is 5.02 Å². The van der Waals surface area contributed by atoms with E-state index in [1.165, 1.54) is 6.33 Å². The number of aromatic nitrogens is 5. The molecule has 0 saturated carbocycles. The molecule has 4 aromatic rings. The van der Waals surface area contributed by atoms with Gasteiger partial charge in [0.1, 0.15) is 18.4 Å². The predicted molar refractivity (Wildman–Crippen MR) is 97.9 cm³/mol. The largest absolute Gasteiger partial charge is 0.480 e. The number of rotatable bonds is 3. The first-order valence-electron chi connectivity index (χ1n) is 8.42. The number of hydrogen-bond acceptors (Lipinski definition) is 6. The predicted octanol–water partition coefficient (Wildman–Crippen LogP) is 3.96. The Balaban J connectivity index is 1.41. The molecule has 3 heterocycles. The van der Waals surface area contributed by atoms with Gasteiger partial charge in [-0.3, -0.25) is 0 Å². The molecular weight excluding hydrogens is 366 g/mol. The van der Waals surface area contributed by atoms with Gasteiger partial charge in [0.25, 0.3) is 5.89 Å². The minimum atomic E-state index is -0.296. The smallest absolute Gasteiger partial charge is 0.268 e. The second kappa shape index (κ2) is 6.21. The molecule has 1 aliphatic heterocycles. The molecule has 0 N–H and O–H groups in total. The van der Waals surface area contributed by atoms with Crippen LogP contribution >= 0.6 is 11.6 Å². The van der Waals surface area contributed by atoms with E-state index >= 15 is 0 Å². The Morgan fingerprint density at radius 3 is 2.93 bits per heavy atom. The van der Waals surface area contributed by atoms with E-state index in [4.69, 9.17) is 20.9 Å². The molecule has 0 radical (unpaired) electrons. The number of benzene rings is 2. The van der Waals surface area contributed by atoms with Crippen LogP contribution in [0.15, 0.2) is 53.6 Å². The van der Waals surface area contributed by atoms with Gasteiger partial charge in [0.2, 0.25) is 5.82 Å². The van der Waals surface area contributed by atoms with E-state index in [2.05, 4.69) is 20.2 Å². The molecule has 0 fully saturated rings. The second-order valence-electron chi connectivity index (χ2n) is 6.36. The van der Waals surface area contributed by atoms with Crippen molar-refractivity contribution in [1.29, 1.82) is 0 Å². The highest BCUT2D eigenvalue weighted by Gasteiger charge is 2.29. The maximum Gasteiger partial charge on any atom is 0.268 e. The lowest BCUT2D eigenvalue weighted by Gasteiger charge is -2.06. The SMILES string of the molecule is Cc1cc(-c2noc(C3Cc4cc(Cl)ccc4O3)n2)ccc1-n1cncn1. The lowest BCUT2D eigenvalue weighted by Crippen LogP contribution is -2.03. The fourth-order valence-corrected chi connectivity index (χ4v) is 3.42. The molecule has 1 atom stereocenters. The van der Waals surface area contributed by atoms with E-state index in [-0.39, 0.29) is 6.10 Å². The molecule has 27 heavy (non-hydrogen) atoms. The number of hydrogen-bond donors (Lipinski definition) is 0. The molecule has 0 saturated heterocycles. The molecule has 0 aliphatic carbocycles. The van der Waals surface area contributed by atoms with Gasteiger partial charge >= 0.3 is 0 Å². The minimum Gasteiger partial charge on any atom is -0.480 e. The van der Waals surface area contributed by atoms with Crippen LogP contribution < -0.4 is 4.74 Å². The highest BCUT2D eigenvalue weighted by atomic mass is 35.5. The standard InChI is InChI=1S/C19H14ClN5O2/c1-11-6-12(2-4-15(11)25-10-21-9-22-25)18-23-19(27-24-18)17-8-13-7-14(20)3-5-16(13)26-17/h2-7,9-10,17H,8H2,1H3. The summed E-state index contributed by atoms with van der Waals surface area (Å²) in [5.41, 5.74) is 3.89. The quantitative estimate of drug-likeness (QED) is 0.536. The topological polar surface area (TPSA) is 78.9 Å². The first-order chi connectivity index (χ1) is 13.2. The van der Waals surface area contributed by atoms with Crippen LogP contribution in [0, 0.1) is 6.92 Å². The number of fused-ring (bicyclic) bond motifs is 1. The summed E-state index contributed by atoms with van der Waals surface area (Å²) < 4.78 is 13.1. The van der Waals surface area contributed by atoms with Crippen molar-refractivity contribution in [3.63, 3.8) is 0 Å². The van der Waals surface area contributed by atoms with Crippen molar-refractivity contribution in [2.75, 3.05) is 0 Å². The number of ether oxygens (including phenoxy) is 1. The normalized spacial score (nSPS) is 15.6. The van der Waals surface area contributed by atoms with Gasteiger partial charge in [-0.1, -0.05) is 16.8 Å². The summed E-state index contributed by atoms with van der Waals surface area (Å²) in [5, 5.41) is 8.97. The molecule has 7 nitrogen and oxygen atoms in total. The molecule has 0 bridgehead atoms. The van der Waals surface area contributed by atoms with Crippen LogP contribution in [0.25, 0.3) is 17.1 Å². The van der Waals surface area contributed by atoms with Gasteiger partial charge in [-0.15, -0.1) is 0 Å². The summed E-state index contributed by atoms with van der Waals surface area (Å²) in [6.45, 7) is 2.00. The average molecular weight is 380 g/mol. The van der Waals surface area contributed by atoms with Crippen molar-refractivity contribution < 1.29 is 9.26 Å². The van der Waals surface area contributed by atoms with E-state index in [0.29, 0.717) is 23.2 Å². The van der Waals surface area contributed by atoms with Crippen LogP contribution in [0.3, 0.4) is 0 Å². The van der Waals surface area contributed by atoms with Crippen molar-refractivity contribution in [3.05, 3.63) is 71.1 Å². The Kier molecular flexibility index (Phi) is 3.68. The Morgan fingerprint density at radius 2 is 2.11 bits per heavy atom. The van der Waals surface area contributed by atoms with Gasteiger partial charge in [-0.05, 0) is 54.4 Å². The van der Waals surface area contributed by atoms with Gasteiger partial charge in [0, 0.05) is 17.0 Å². The zero-order valence-electron chi connectivity index (χ0n) is 14.3. The van der Waals surface area contributed by atoms with Gasteiger partial charge in [0.15, 0.2) is 6.10 Å². The van der Waals surface area contributed by atoms with Gasteiger partial charge < -0.3 is 9.26 Å². The van der Waals surface area contributed by atoms with E-state index in [0.717, 1.165) is 28.1 Å². The Morgan fingerprint density at radius 1 is 1.19 bits per heavy atom. The molecule has 1 unspecified atom stereocenters. The molecule has 134 valence electrons. The second-order valence-corrected chi connectivity index (χ2v) is 6.80. The van der Waals surface area contributed by atoms with Crippen molar-refractivity contribution in [1.82, 2.24) is 24.9 Å². The van der Waals surface area contributed by atoms with E-state index < -0.39 is 0 Å². The van der Waals surface area contributed by atoms with Gasteiger partial charge in [0.05, 0.1) is 5.69 Å². The monoisotopic (exact) mass is 379 g/mol. The number of nitrogens with zero attached hydrogens (tertiary/aromatic N) is 5. The summed E-state index contributed by atoms with van der Waals surface area (Å²) in [6.07, 6.45) is 3.53. The Labute approximate surface area is 159 Å². The van der Waals surface area contributed by atoms with Gasteiger partial charge in [-0.25, -0.2) is 9.67 Å². The van der Waals surface area contributed by atoms with Gasteiger partial charge in [-0.2, -0.15) is 10.1 Å². The van der Waals surface area contributed by atoms with Crippen LogP contribution in [0.4, 0.5) is 0 Å². The third-order valence-corrected chi connectivity index (χ3v) is 4.77. The molecule has 0 amide bonds. The fraction of sp³-hybridized carbons (Fsp3) is 0.158. The average Bonchev–Trinajstić information content (AvgIpc) is 3.41. The third-order valence-electron chi connectivity index (χ3n) is 4.53. The van der Waals surface area contributed by atoms with Crippen molar-refractivity contribution in [3.8, 4) is 22.8 Å². The van der Waals surface area contributed by atoms with Crippen LogP contribution in [-0.4, -0.2) is 24.9 Å². The lowest BCUT2D eigenvalue weighted by molar-refractivity contribution is 0.183. The fourth-order valence-electron chi connectivity index (χ4n) is 3.22. The molecule has 2 aromatic carbocycles. The summed E-state index contributed by atoms with van der Waals surface area (Å²) in [6, 6.07) is 11.5. The Hall–Kier alpha value is -3.19. The zero-order valence-corrected chi connectivity index (χ0v) is 15.1. The van der Waals surface area contributed by atoms with E-state index in [1.807, 2.05) is 43.3 Å². The molecule has 8 heteroatoms. The van der Waals surface area contributed by atoms with Crippen LogP contribution in [-0.2, 0) is 6.42 Å². The summed E-state index contributed by atoms with van der Waals surface area (Å²) in [5.74, 6) is 1.78. The summed E-state index contributed by atoms with van der Waals surface area (Å²) >= 11 is 6.05. The Bertz CT molecular complexity index is 1120. The molecular formula is C19H14ClN5O2. The lowest BCUT2D eigenvalue weighted by atomic mass is 10.1. The minimum absolute atomic E-state index is 0.296. The molecule has 5 rings (SSSR count). The van der Waals surface area contributed by atoms with E-state index in [9.17, 15) is 0 Å². The highest BCUT2D eigenvalue weighted by molar-refractivity contribution is 6.30. The number of aryl methyl sites for hydroxylation is 1. The van der Waals surface area contributed by atoms with Crippen molar-refractivity contribution >= 4 is 11.6 Å². The maximum absolute atomic E-state index is 6.05. The van der Waals surface area contributed by atoms with Crippen LogP contribution in [0.1, 0.15) is 23.1 Å². The van der Waals surface area contributed by atoms with E-state index in [1.54, 1.807) is 11.0 Å². The third kappa shape index (κ3) is 2.86. The summed E-state index contributed by atoms with van der Waals surface area (Å²) in [4.78, 5) is 8.51. The zero-order chi connectivity index (χ0) is 18.4. The van der Waals surface area contributed by atoms with Crippen molar-refractivity contribution in [2.24, 2.45) is 0 Å².